The van der Waals surface area contributed by atoms with Gasteiger partial charge in [-0.25, -0.2) is 9.78 Å². The number of aromatic amines is 1. The van der Waals surface area contributed by atoms with E-state index >= 15 is 0 Å². The number of hydrogen-bond acceptors (Lipinski definition) is 8. The van der Waals surface area contributed by atoms with Crippen LogP contribution in [0.25, 0.3) is 10.2 Å². The van der Waals surface area contributed by atoms with Gasteiger partial charge in [-0.1, -0.05) is 16.6 Å². The second-order valence-corrected chi connectivity index (χ2v) is 11.4. The molecule has 184 valence electrons. The van der Waals surface area contributed by atoms with Crippen LogP contribution in [0.4, 0.5) is 5.13 Å². The summed E-state index contributed by atoms with van der Waals surface area (Å²) in [5.74, 6) is 0.463. The van der Waals surface area contributed by atoms with E-state index in [-0.39, 0.29) is 6.10 Å². The highest BCUT2D eigenvalue weighted by Gasteiger charge is 2.46. The molecule has 2 bridgehead atoms. The summed E-state index contributed by atoms with van der Waals surface area (Å²) in [6.45, 7) is 2.92. The number of hydrogen-bond donors (Lipinski definition) is 2. The van der Waals surface area contributed by atoms with Gasteiger partial charge in [0.1, 0.15) is 0 Å². The van der Waals surface area contributed by atoms with Crippen molar-refractivity contribution in [2.45, 2.75) is 69.1 Å². The molecule has 10 heteroatoms. The third-order valence-corrected chi connectivity index (χ3v) is 9.24. The lowest BCUT2D eigenvalue weighted by molar-refractivity contribution is 0.0108. The minimum absolute atomic E-state index is 0.248. The number of anilines is 1. The Morgan fingerprint density at radius 1 is 1.20 bits per heavy atom. The van der Waals surface area contributed by atoms with Crippen LogP contribution in [0.1, 0.15) is 77.7 Å². The molecule has 4 heterocycles. The number of nitrogens with one attached hydrogen (secondary N) is 1. The van der Waals surface area contributed by atoms with Gasteiger partial charge >= 0.3 is 5.97 Å². The maximum atomic E-state index is 11.8. The van der Waals surface area contributed by atoms with Crippen LogP contribution in [-0.2, 0) is 16.1 Å². The first-order valence-corrected chi connectivity index (χ1v) is 13.5. The Kier molecular flexibility index (Phi) is 5.29. The number of H-pyrrole nitrogens is 1. The zero-order valence-electron chi connectivity index (χ0n) is 19.5. The topological polar surface area (TPSA) is 113 Å². The van der Waals surface area contributed by atoms with Crippen molar-refractivity contribution in [3.63, 3.8) is 0 Å². The van der Waals surface area contributed by atoms with Crippen LogP contribution in [0, 0.1) is 5.92 Å². The van der Waals surface area contributed by atoms with Crippen LogP contribution < -0.4 is 4.90 Å². The fraction of sp³-hybridized carbons (Fsp3) is 0.600. The smallest absolute Gasteiger partial charge is 0.335 e. The number of fused-ring (bicyclic) bond motifs is 3. The number of benzene rings is 1. The average molecular weight is 496 g/mol. The summed E-state index contributed by atoms with van der Waals surface area (Å²) in [6.07, 6.45) is 6.58. The molecule has 3 aromatic rings. The van der Waals surface area contributed by atoms with Gasteiger partial charge < -0.3 is 19.5 Å². The van der Waals surface area contributed by atoms with Gasteiger partial charge in [-0.05, 0) is 62.1 Å². The lowest BCUT2D eigenvalue weighted by Crippen LogP contribution is -2.38. The highest BCUT2D eigenvalue weighted by Crippen LogP contribution is 2.46. The number of ether oxygens (including phenoxy) is 2. The van der Waals surface area contributed by atoms with Crippen LogP contribution >= 0.6 is 11.3 Å². The quantitative estimate of drug-likeness (QED) is 0.504. The van der Waals surface area contributed by atoms with Crippen LogP contribution in [0.2, 0.25) is 0 Å². The summed E-state index contributed by atoms with van der Waals surface area (Å²) >= 11 is 1.63. The Balaban J connectivity index is 1.09. The zero-order chi connectivity index (χ0) is 23.5. The number of carbonyl (C=O) groups is 1. The Labute approximate surface area is 206 Å². The predicted molar refractivity (Wildman–Crippen MR) is 130 cm³/mol. The lowest BCUT2D eigenvalue weighted by Gasteiger charge is -2.31. The molecular weight excluding hydrogens is 466 g/mol. The molecule has 4 fully saturated rings. The van der Waals surface area contributed by atoms with E-state index in [1.54, 1.807) is 17.4 Å². The molecule has 0 spiro atoms. The maximum absolute atomic E-state index is 11.8. The molecule has 2 aliphatic heterocycles. The van der Waals surface area contributed by atoms with Gasteiger partial charge in [0.15, 0.2) is 5.13 Å². The van der Waals surface area contributed by atoms with Crippen molar-refractivity contribution in [1.29, 1.82) is 0 Å². The summed E-state index contributed by atoms with van der Waals surface area (Å²) in [6, 6.07) is 4.04. The molecule has 2 aliphatic carbocycles. The molecule has 2 aromatic heterocycles. The van der Waals surface area contributed by atoms with E-state index in [2.05, 4.69) is 20.3 Å². The summed E-state index contributed by atoms with van der Waals surface area (Å²) in [5, 5.41) is 22.0. The number of rotatable bonds is 7. The number of carboxylic acids is 1. The monoisotopic (exact) mass is 495 g/mol. The highest BCUT2D eigenvalue weighted by molar-refractivity contribution is 7.22. The predicted octanol–water partition coefficient (Wildman–Crippen LogP) is 4.07. The fourth-order valence-electron chi connectivity index (χ4n) is 6.19. The Morgan fingerprint density at radius 3 is 2.80 bits per heavy atom. The normalized spacial score (nSPS) is 26.7. The van der Waals surface area contributed by atoms with Crippen molar-refractivity contribution in [2.75, 3.05) is 24.7 Å². The first-order chi connectivity index (χ1) is 17.1. The van der Waals surface area contributed by atoms with E-state index in [1.165, 1.54) is 12.8 Å². The molecule has 9 nitrogen and oxygen atoms in total. The minimum Gasteiger partial charge on any atom is -0.478 e. The molecule has 4 aliphatic rings. The van der Waals surface area contributed by atoms with Crippen LogP contribution in [-0.4, -0.2) is 63.4 Å². The van der Waals surface area contributed by atoms with Crippen LogP contribution in [0.15, 0.2) is 12.1 Å². The summed E-state index contributed by atoms with van der Waals surface area (Å²) < 4.78 is 12.9. The van der Waals surface area contributed by atoms with Crippen molar-refractivity contribution >= 4 is 32.7 Å². The Hall–Kier alpha value is -2.56. The van der Waals surface area contributed by atoms with E-state index in [9.17, 15) is 9.90 Å². The number of nitrogens with zero attached hydrogens (tertiary/aromatic N) is 4. The van der Waals surface area contributed by atoms with Gasteiger partial charge in [-0.15, -0.1) is 5.10 Å². The van der Waals surface area contributed by atoms with Crippen molar-refractivity contribution in [2.24, 2.45) is 5.92 Å². The van der Waals surface area contributed by atoms with Crippen molar-refractivity contribution < 1.29 is 19.4 Å². The van der Waals surface area contributed by atoms with Gasteiger partial charge in [0.25, 0.3) is 0 Å². The van der Waals surface area contributed by atoms with Gasteiger partial charge in [-0.3, -0.25) is 5.10 Å². The van der Waals surface area contributed by atoms with Crippen molar-refractivity contribution in [1.82, 2.24) is 20.4 Å². The number of thiazole rings is 1. The average Bonchev–Trinajstić information content (AvgIpc) is 3.24. The van der Waals surface area contributed by atoms with E-state index in [0.717, 1.165) is 64.5 Å². The minimum atomic E-state index is -0.882. The Bertz CT molecular complexity index is 1260. The molecular formula is C25H29N5O4S. The Morgan fingerprint density at radius 2 is 2.06 bits per heavy atom. The highest BCUT2D eigenvalue weighted by atomic mass is 32.1. The van der Waals surface area contributed by atoms with Crippen molar-refractivity contribution in [3.8, 4) is 0 Å². The number of piperidine rings is 1. The molecule has 0 radical (unpaired) electrons. The molecule has 0 amide bonds. The number of carboxylic acid groups (broad SMARTS) is 1. The van der Waals surface area contributed by atoms with Gasteiger partial charge in [0.05, 0.1) is 39.9 Å². The molecule has 2 saturated heterocycles. The van der Waals surface area contributed by atoms with Gasteiger partial charge in [0.2, 0.25) is 0 Å². The third-order valence-electron chi connectivity index (χ3n) is 8.20. The summed E-state index contributed by atoms with van der Waals surface area (Å²) in [4.78, 5) is 19.3. The van der Waals surface area contributed by atoms with E-state index in [1.807, 2.05) is 6.07 Å². The SMILES string of the molecule is O=C(O)c1cc(C2CCOCC2)c2nc(N3C[C@@H]4C[C@H]3C[C@H]4OCc3[nH]nnc3C3CC3)sc2c1. The summed E-state index contributed by atoms with van der Waals surface area (Å²) in [5.41, 5.74) is 4.51. The first kappa shape index (κ1) is 21.7. The van der Waals surface area contributed by atoms with E-state index < -0.39 is 5.97 Å². The van der Waals surface area contributed by atoms with Gasteiger partial charge in [0, 0.05) is 37.6 Å². The summed E-state index contributed by atoms with van der Waals surface area (Å²) in [7, 11) is 0. The zero-order valence-corrected chi connectivity index (χ0v) is 20.3. The lowest BCUT2D eigenvalue weighted by atomic mass is 9.90. The van der Waals surface area contributed by atoms with E-state index in [4.69, 9.17) is 14.5 Å². The molecule has 0 unspecified atom stereocenters. The van der Waals surface area contributed by atoms with Gasteiger partial charge in [-0.2, -0.15) is 0 Å². The molecule has 7 rings (SSSR count). The number of aromatic carboxylic acids is 1. The molecule has 35 heavy (non-hydrogen) atoms. The molecule has 3 atom stereocenters. The van der Waals surface area contributed by atoms with Crippen LogP contribution in [0.3, 0.4) is 0 Å². The third kappa shape index (κ3) is 3.91. The number of aromatic nitrogens is 4. The first-order valence-electron chi connectivity index (χ1n) is 12.7. The fourth-order valence-corrected chi connectivity index (χ4v) is 7.31. The second kappa shape index (κ2) is 8.53. The largest absolute Gasteiger partial charge is 0.478 e. The molecule has 1 aromatic carbocycles. The van der Waals surface area contributed by atoms with E-state index in [0.29, 0.717) is 49.2 Å². The standard InChI is InChI=1S/C25H29N5O4S/c31-24(32)15-8-18(13-3-5-33-6-4-13)23-21(9-15)35-25(26-23)30-11-16-7-17(30)10-20(16)34-12-19-22(14-1-2-14)28-29-27-19/h8-9,13-14,16-17,20H,1-7,10-12H2,(H,31,32)(H,27,28,29)/t16-,17-,20+/m0/s1. The second-order valence-electron chi connectivity index (χ2n) is 10.4. The van der Waals surface area contributed by atoms with Crippen LogP contribution in [0.5, 0.6) is 0 Å². The van der Waals surface area contributed by atoms with Crippen molar-refractivity contribution in [3.05, 3.63) is 34.6 Å². The molecule has 2 saturated carbocycles. The molecule has 2 N–H and O–H groups in total. The maximum Gasteiger partial charge on any atom is 0.335 e.